The molecule has 9 nitrogen and oxygen atoms in total. The van der Waals surface area contributed by atoms with Gasteiger partial charge in [0.2, 0.25) is 5.91 Å². The highest BCUT2D eigenvalue weighted by atomic mass is 16.7. The summed E-state index contributed by atoms with van der Waals surface area (Å²) in [7, 11) is 0. The average Bonchev–Trinajstić information content (AvgIpc) is 3.39. The zero-order valence-corrected chi connectivity index (χ0v) is 46.4. The van der Waals surface area contributed by atoms with Crippen molar-refractivity contribution in [3.63, 3.8) is 0 Å². The van der Waals surface area contributed by atoms with Crippen LogP contribution in [0.4, 0.5) is 0 Å². The van der Waals surface area contributed by atoms with Crippen LogP contribution in [0.2, 0.25) is 0 Å². The summed E-state index contributed by atoms with van der Waals surface area (Å²) in [4.78, 5) is 13.1. The van der Waals surface area contributed by atoms with Gasteiger partial charge in [0.1, 0.15) is 24.4 Å². The first-order chi connectivity index (χ1) is 35.8. The Kier molecular flexibility index (Phi) is 48.6. The van der Waals surface area contributed by atoms with Gasteiger partial charge in [-0.3, -0.25) is 4.79 Å². The fourth-order valence-electron chi connectivity index (χ4n) is 8.74. The second-order valence-electron chi connectivity index (χ2n) is 20.1. The summed E-state index contributed by atoms with van der Waals surface area (Å²) >= 11 is 0. The maximum Gasteiger partial charge on any atom is 0.220 e. The molecule has 6 N–H and O–H groups in total. The van der Waals surface area contributed by atoms with E-state index in [9.17, 15) is 30.3 Å². The Labute approximate surface area is 446 Å². The standard InChI is InChI=1S/C64H109NO8/c1-3-5-7-9-11-13-15-17-18-19-20-21-22-23-24-25-26-27-28-29-30-31-32-33-34-35-36-37-38-39-40-42-44-46-48-50-52-54-60(68)65-57(56-72-64-63(71)62(70)61(69)59(55-66)73-64)58(67)53-51-49-47-45-43-41-16-14-12-10-8-6-4-2/h5,7,11,13,17-18,20-21,23-24,26-27,29-30,32-33,35-36,57-59,61-64,66-67,69-71H,3-4,6,8-10,12,14-16,19,22,25,28,31,34,37-56H2,1-2H3,(H,65,68)/b7-5-,13-11-,18-17-,21-20-,24-23-,27-26-,30-29-,33-32-,36-35-. The molecule has 1 aliphatic rings. The van der Waals surface area contributed by atoms with E-state index in [-0.39, 0.29) is 12.5 Å². The Balaban J connectivity index is 2.15. The summed E-state index contributed by atoms with van der Waals surface area (Å²) in [5, 5.41) is 54.6. The molecule has 0 spiro atoms. The highest BCUT2D eigenvalue weighted by Crippen LogP contribution is 2.23. The molecule has 418 valence electrons. The number of aliphatic hydroxyl groups is 5. The lowest BCUT2D eigenvalue weighted by Crippen LogP contribution is -2.60. The van der Waals surface area contributed by atoms with Gasteiger partial charge < -0.3 is 40.3 Å². The Hall–Kier alpha value is -3.15. The molecule has 1 aliphatic heterocycles. The summed E-state index contributed by atoms with van der Waals surface area (Å²) in [5.74, 6) is -0.155. The van der Waals surface area contributed by atoms with Gasteiger partial charge in [-0.05, 0) is 83.5 Å². The quantitative estimate of drug-likeness (QED) is 0.0261. The van der Waals surface area contributed by atoms with Crippen LogP contribution in [-0.4, -0.2) is 87.5 Å². The molecule has 0 aromatic heterocycles. The zero-order valence-electron chi connectivity index (χ0n) is 46.4. The predicted molar refractivity (Wildman–Crippen MR) is 308 cm³/mol. The van der Waals surface area contributed by atoms with Crippen molar-refractivity contribution < 1.29 is 39.8 Å². The van der Waals surface area contributed by atoms with Crippen LogP contribution in [0.1, 0.15) is 232 Å². The summed E-state index contributed by atoms with van der Waals surface area (Å²) in [6.07, 6.45) is 69.8. The SMILES string of the molecule is CC/C=C\C/C=C\C/C=C\C/C=C\C/C=C\C/C=C\C/C=C\C/C=C\C/C=C\CCCCCCCCCCCC(=O)NC(COC1OC(CO)C(O)C(O)C1O)C(O)CCCCCCCCCCCCCCC. The lowest BCUT2D eigenvalue weighted by molar-refractivity contribution is -0.302. The largest absolute Gasteiger partial charge is 0.394 e. The van der Waals surface area contributed by atoms with Gasteiger partial charge >= 0.3 is 0 Å². The van der Waals surface area contributed by atoms with E-state index < -0.39 is 49.5 Å². The van der Waals surface area contributed by atoms with Gasteiger partial charge in [-0.25, -0.2) is 0 Å². The molecule has 0 radical (unpaired) electrons. The molecule has 1 saturated heterocycles. The van der Waals surface area contributed by atoms with Gasteiger partial charge in [-0.2, -0.15) is 0 Å². The number of nitrogens with one attached hydrogen (secondary N) is 1. The molecular weight excluding hydrogens is 911 g/mol. The third kappa shape index (κ3) is 41.7. The van der Waals surface area contributed by atoms with Crippen LogP contribution in [0.25, 0.3) is 0 Å². The van der Waals surface area contributed by atoms with Crippen LogP contribution in [-0.2, 0) is 14.3 Å². The van der Waals surface area contributed by atoms with Gasteiger partial charge in [0.25, 0.3) is 0 Å². The minimum absolute atomic E-state index is 0.145. The second-order valence-corrected chi connectivity index (χ2v) is 20.1. The summed E-state index contributed by atoms with van der Waals surface area (Å²) in [5.41, 5.74) is 0. The van der Waals surface area contributed by atoms with Gasteiger partial charge in [-0.15, -0.1) is 0 Å². The van der Waals surface area contributed by atoms with E-state index in [2.05, 4.69) is 129 Å². The van der Waals surface area contributed by atoms with Crippen LogP contribution in [0.5, 0.6) is 0 Å². The Morgan fingerprint density at radius 2 is 0.849 bits per heavy atom. The van der Waals surface area contributed by atoms with Gasteiger partial charge in [0, 0.05) is 6.42 Å². The van der Waals surface area contributed by atoms with E-state index in [0.29, 0.717) is 12.8 Å². The molecule has 0 saturated carbocycles. The molecule has 73 heavy (non-hydrogen) atoms. The number of allylic oxidation sites excluding steroid dienone is 18. The van der Waals surface area contributed by atoms with E-state index in [0.717, 1.165) is 103 Å². The van der Waals surface area contributed by atoms with Crippen molar-refractivity contribution in [1.82, 2.24) is 5.32 Å². The molecule has 1 rings (SSSR count). The van der Waals surface area contributed by atoms with Crippen molar-refractivity contribution in [3.05, 3.63) is 109 Å². The normalized spacial score (nSPS) is 19.9. The first-order valence-corrected chi connectivity index (χ1v) is 29.6. The topological polar surface area (TPSA) is 149 Å². The van der Waals surface area contributed by atoms with Crippen molar-refractivity contribution in [3.8, 4) is 0 Å². The van der Waals surface area contributed by atoms with Crippen LogP contribution >= 0.6 is 0 Å². The van der Waals surface area contributed by atoms with Crippen molar-refractivity contribution in [2.75, 3.05) is 13.2 Å². The summed E-state index contributed by atoms with van der Waals surface area (Å²) in [6.45, 7) is 3.71. The fraction of sp³-hybridized carbons (Fsp3) is 0.703. The van der Waals surface area contributed by atoms with Crippen molar-refractivity contribution in [2.45, 2.75) is 275 Å². The minimum Gasteiger partial charge on any atom is -0.394 e. The number of rotatable bonds is 49. The highest BCUT2D eigenvalue weighted by molar-refractivity contribution is 5.76. The highest BCUT2D eigenvalue weighted by Gasteiger charge is 2.44. The van der Waals surface area contributed by atoms with Crippen LogP contribution in [0, 0.1) is 0 Å². The van der Waals surface area contributed by atoms with Crippen LogP contribution < -0.4 is 5.32 Å². The molecule has 9 heteroatoms. The number of ether oxygens (including phenoxy) is 2. The maximum absolute atomic E-state index is 13.1. The number of carbonyl (C=O) groups excluding carboxylic acids is 1. The second kappa shape index (κ2) is 52.3. The molecular formula is C64H109NO8. The first kappa shape index (κ1) is 67.9. The van der Waals surface area contributed by atoms with E-state index in [1.165, 1.54) is 103 Å². The number of unbranched alkanes of at least 4 members (excludes halogenated alkanes) is 21. The number of hydrogen-bond acceptors (Lipinski definition) is 8. The monoisotopic (exact) mass is 1020 g/mol. The van der Waals surface area contributed by atoms with E-state index in [1.54, 1.807) is 0 Å². The number of carbonyl (C=O) groups is 1. The van der Waals surface area contributed by atoms with E-state index >= 15 is 0 Å². The Morgan fingerprint density at radius 1 is 0.479 bits per heavy atom. The molecule has 0 bridgehead atoms. The molecule has 0 aromatic carbocycles. The maximum atomic E-state index is 13.1. The molecule has 7 unspecified atom stereocenters. The molecule has 1 heterocycles. The fourth-order valence-corrected chi connectivity index (χ4v) is 8.74. The van der Waals surface area contributed by atoms with Gasteiger partial charge in [-0.1, -0.05) is 252 Å². The van der Waals surface area contributed by atoms with Gasteiger partial charge in [0.05, 0.1) is 25.4 Å². The number of aliphatic hydroxyl groups excluding tert-OH is 5. The van der Waals surface area contributed by atoms with Crippen molar-refractivity contribution in [2.24, 2.45) is 0 Å². The molecule has 1 fully saturated rings. The van der Waals surface area contributed by atoms with E-state index in [1.807, 2.05) is 0 Å². The van der Waals surface area contributed by atoms with E-state index in [4.69, 9.17) is 9.47 Å². The van der Waals surface area contributed by atoms with Crippen molar-refractivity contribution >= 4 is 5.91 Å². The molecule has 1 amide bonds. The third-order valence-electron chi connectivity index (χ3n) is 13.4. The van der Waals surface area contributed by atoms with Crippen LogP contribution in [0.15, 0.2) is 109 Å². The molecule has 0 aromatic rings. The van der Waals surface area contributed by atoms with Gasteiger partial charge in [0.15, 0.2) is 6.29 Å². The first-order valence-electron chi connectivity index (χ1n) is 29.6. The lowest BCUT2D eigenvalue weighted by atomic mass is 9.99. The van der Waals surface area contributed by atoms with Crippen LogP contribution in [0.3, 0.4) is 0 Å². The molecule has 0 aliphatic carbocycles. The minimum atomic E-state index is -1.56. The summed E-state index contributed by atoms with van der Waals surface area (Å²) in [6, 6.07) is -0.729. The Morgan fingerprint density at radius 3 is 1.26 bits per heavy atom. The lowest BCUT2D eigenvalue weighted by Gasteiger charge is -2.40. The average molecular weight is 1020 g/mol. The summed E-state index contributed by atoms with van der Waals surface area (Å²) < 4.78 is 11.3. The smallest absolute Gasteiger partial charge is 0.220 e. The zero-order chi connectivity index (χ0) is 52.9. The number of hydrogen-bond donors (Lipinski definition) is 6. The molecule has 7 atom stereocenters. The van der Waals surface area contributed by atoms with Crippen molar-refractivity contribution in [1.29, 1.82) is 0 Å². The Bertz CT molecular complexity index is 1510. The third-order valence-corrected chi connectivity index (χ3v) is 13.4. The number of amides is 1. The predicted octanol–water partition coefficient (Wildman–Crippen LogP) is 15.0.